The molecule has 0 aliphatic carbocycles. The lowest BCUT2D eigenvalue weighted by atomic mass is 10.1. The predicted molar refractivity (Wildman–Crippen MR) is 138 cm³/mol. The zero-order chi connectivity index (χ0) is 22.9. The summed E-state index contributed by atoms with van der Waals surface area (Å²) in [6.45, 7) is 2.09. The maximum atomic E-state index is 5.03. The first-order valence-electron chi connectivity index (χ1n) is 11.5. The Balaban J connectivity index is 1.74. The Labute approximate surface area is 198 Å². The summed E-state index contributed by atoms with van der Waals surface area (Å²) in [5.74, 6) is 0. The Kier molecular flexibility index (Phi) is 5.04. The maximum Gasteiger partial charge on any atom is 0.236 e. The van der Waals surface area contributed by atoms with E-state index in [0.29, 0.717) is 5.62 Å². The molecule has 0 radical (unpaired) electrons. The molecule has 4 heteroatoms. The lowest BCUT2D eigenvalue weighted by Crippen LogP contribution is -2.20. The molecular weight excluding hydrogens is 416 g/mol. The third-order valence-corrected chi connectivity index (χ3v) is 6.06. The Hall–Kier alpha value is -4.44. The molecule has 0 N–H and O–H groups in total. The third kappa shape index (κ3) is 3.69. The van der Waals surface area contributed by atoms with Gasteiger partial charge in [-0.1, -0.05) is 72.8 Å². The summed E-state index contributed by atoms with van der Waals surface area (Å²) >= 11 is 0. The molecule has 0 atom stereocenters. The van der Waals surface area contributed by atoms with Gasteiger partial charge in [-0.05, 0) is 54.4 Å². The standard InChI is InChI=1S/C30H24N4/c1-22-11-10-14-24(19-22)31-30-32-28-18-9-8-17-27(28)29-33(25-15-6-3-7-16-25)21-26(34(29)30)20-23-12-4-2-5-13-23/h2-19,21H,20H2,1H3. The van der Waals surface area contributed by atoms with Crippen LogP contribution in [0.2, 0.25) is 0 Å². The molecule has 2 heterocycles. The van der Waals surface area contributed by atoms with Gasteiger partial charge in [0.15, 0.2) is 0 Å². The topological polar surface area (TPSA) is 34.6 Å². The molecule has 4 aromatic carbocycles. The van der Waals surface area contributed by atoms with Crippen LogP contribution in [0.5, 0.6) is 0 Å². The molecule has 0 unspecified atom stereocenters. The summed E-state index contributed by atoms with van der Waals surface area (Å²) in [6, 6.07) is 37.6. The van der Waals surface area contributed by atoms with E-state index in [9.17, 15) is 0 Å². The number of fused-ring (bicyclic) bond motifs is 3. The average Bonchev–Trinajstić information content (AvgIpc) is 3.25. The van der Waals surface area contributed by atoms with Crippen molar-refractivity contribution in [3.05, 3.63) is 138 Å². The van der Waals surface area contributed by atoms with Gasteiger partial charge in [0.1, 0.15) is 5.65 Å². The normalized spacial score (nSPS) is 12.0. The van der Waals surface area contributed by atoms with E-state index < -0.39 is 0 Å². The molecule has 6 rings (SSSR count). The van der Waals surface area contributed by atoms with Gasteiger partial charge in [-0.3, -0.25) is 4.40 Å². The van der Waals surface area contributed by atoms with E-state index in [0.717, 1.165) is 40.0 Å². The number of aromatic nitrogens is 3. The highest BCUT2D eigenvalue weighted by atomic mass is 15.2. The van der Waals surface area contributed by atoms with Gasteiger partial charge in [0.2, 0.25) is 5.62 Å². The van der Waals surface area contributed by atoms with Crippen molar-refractivity contribution in [1.82, 2.24) is 14.0 Å². The van der Waals surface area contributed by atoms with Crippen molar-refractivity contribution in [2.24, 2.45) is 4.99 Å². The highest BCUT2D eigenvalue weighted by Crippen LogP contribution is 2.24. The highest BCUT2D eigenvalue weighted by Gasteiger charge is 2.15. The Morgan fingerprint density at radius 3 is 2.29 bits per heavy atom. The van der Waals surface area contributed by atoms with Crippen molar-refractivity contribution in [1.29, 1.82) is 0 Å². The van der Waals surface area contributed by atoms with Crippen molar-refractivity contribution < 1.29 is 0 Å². The monoisotopic (exact) mass is 440 g/mol. The largest absolute Gasteiger partial charge is 0.301 e. The van der Waals surface area contributed by atoms with Crippen molar-refractivity contribution in [2.45, 2.75) is 13.3 Å². The summed E-state index contributed by atoms with van der Waals surface area (Å²) in [6.07, 6.45) is 3.00. The van der Waals surface area contributed by atoms with Crippen LogP contribution in [0.25, 0.3) is 22.2 Å². The quantitative estimate of drug-likeness (QED) is 0.312. The van der Waals surface area contributed by atoms with Crippen LogP contribution in [-0.4, -0.2) is 14.0 Å². The number of imidazole rings is 1. The number of benzene rings is 4. The minimum atomic E-state index is 0.680. The Bertz CT molecular complexity index is 1680. The third-order valence-electron chi connectivity index (χ3n) is 6.06. The number of nitrogens with zero attached hydrogens (tertiary/aromatic N) is 4. The smallest absolute Gasteiger partial charge is 0.236 e. The van der Waals surface area contributed by atoms with Crippen LogP contribution in [0, 0.1) is 6.92 Å². The molecule has 0 fully saturated rings. The molecule has 4 nitrogen and oxygen atoms in total. The van der Waals surface area contributed by atoms with Gasteiger partial charge < -0.3 is 4.57 Å². The van der Waals surface area contributed by atoms with E-state index >= 15 is 0 Å². The van der Waals surface area contributed by atoms with Crippen LogP contribution in [0.3, 0.4) is 0 Å². The second kappa shape index (κ2) is 8.49. The summed E-state index contributed by atoms with van der Waals surface area (Å²) in [7, 11) is 0. The first-order valence-corrected chi connectivity index (χ1v) is 11.5. The van der Waals surface area contributed by atoms with Crippen LogP contribution in [-0.2, 0) is 6.42 Å². The zero-order valence-electron chi connectivity index (χ0n) is 19.0. The summed E-state index contributed by atoms with van der Waals surface area (Å²) < 4.78 is 4.47. The van der Waals surface area contributed by atoms with Crippen molar-refractivity contribution in [3.63, 3.8) is 0 Å². The second-order valence-corrected chi connectivity index (χ2v) is 8.53. The Morgan fingerprint density at radius 2 is 1.50 bits per heavy atom. The molecule has 0 saturated heterocycles. The van der Waals surface area contributed by atoms with E-state index in [1.807, 2.05) is 24.3 Å². The predicted octanol–water partition coefficient (Wildman–Crippen LogP) is 6.41. The minimum absolute atomic E-state index is 0.680. The van der Waals surface area contributed by atoms with Crippen LogP contribution in [0.1, 0.15) is 16.8 Å². The molecule has 6 aromatic rings. The molecular formula is C30H24N4. The molecule has 2 aromatic heterocycles. The summed E-state index contributed by atoms with van der Waals surface area (Å²) in [5, 5.41) is 1.09. The average molecular weight is 441 g/mol. The van der Waals surface area contributed by atoms with Crippen LogP contribution >= 0.6 is 0 Å². The first kappa shape index (κ1) is 20.2. The van der Waals surface area contributed by atoms with Crippen molar-refractivity contribution >= 4 is 22.2 Å². The van der Waals surface area contributed by atoms with Crippen LogP contribution < -0.4 is 5.62 Å². The van der Waals surface area contributed by atoms with Gasteiger partial charge >= 0.3 is 0 Å². The van der Waals surface area contributed by atoms with Gasteiger partial charge in [-0.25, -0.2) is 9.98 Å². The Morgan fingerprint density at radius 1 is 0.765 bits per heavy atom. The summed E-state index contributed by atoms with van der Waals surface area (Å²) in [5.41, 5.74) is 8.23. The fraction of sp³-hybridized carbons (Fsp3) is 0.0667. The van der Waals surface area contributed by atoms with Crippen LogP contribution in [0.15, 0.2) is 120 Å². The summed E-state index contributed by atoms with van der Waals surface area (Å²) in [4.78, 5) is 10.0. The number of hydrogen-bond donors (Lipinski definition) is 0. The minimum Gasteiger partial charge on any atom is -0.301 e. The van der Waals surface area contributed by atoms with Crippen molar-refractivity contribution in [3.8, 4) is 5.69 Å². The number of aryl methyl sites for hydroxylation is 1. The van der Waals surface area contributed by atoms with Gasteiger partial charge in [-0.15, -0.1) is 0 Å². The van der Waals surface area contributed by atoms with Gasteiger partial charge in [0.25, 0.3) is 0 Å². The van der Waals surface area contributed by atoms with E-state index in [2.05, 4.69) is 107 Å². The van der Waals surface area contributed by atoms with Gasteiger partial charge in [0.05, 0.1) is 11.2 Å². The van der Waals surface area contributed by atoms with Gasteiger partial charge in [-0.2, -0.15) is 0 Å². The van der Waals surface area contributed by atoms with E-state index in [1.165, 1.54) is 11.1 Å². The van der Waals surface area contributed by atoms with Crippen LogP contribution in [0.4, 0.5) is 5.69 Å². The number of para-hydroxylation sites is 2. The lowest BCUT2D eigenvalue weighted by molar-refractivity contribution is 0.911. The maximum absolute atomic E-state index is 5.03. The fourth-order valence-electron chi connectivity index (χ4n) is 4.51. The molecule has 0 aliphatic rings. The van der Waals surface area contributed by atoms with E-state index in [1.54, 1.807) is 0 Å². The molecule has 0 saturated carbocycles. The number of rotatable bonds is 4. The van der Waals surface area contributed by atoms with Crippen molar-refractivity contribution in [2.75, 3.05) is 0 Å². The van der Waals surface area contributed by atoms with E-state index in [4.69, 9.17) is 9.98 Å². The highest BCUT2D eigenvalue weighted by molar-refractivity contribution is 5.92. The molecule has 164 valence electrons. The zero-order valence-corrected chi connectivity index (χ0v) is 19.0. The molecule has 0 aliphatic heterocycles. The number of hydrogen-bond acceptors (Lipinski definition) is 2. The molecule has 0 amide bonds. The van der Waals surface area contributed by atoms with Gasteiger partial charge in [0, 0.05) is 29.4 Å². The second-order valence-electron chi connectivity index (χ2n) is 8.53. The lowest BCUT2D eigenvalue weighted by Gasteiger charge is -2.09. The molecule has 0 bridgehead atoms. The SMILES string of the molecule is Cc1cccc(N=c2nc3ccccc3c3n(-c4ccccc4)cc(Cc4ccccc4)n23)c1. The van der Waals surface area contributed by atoms with E-state index in [-0.39, 0.29) is 0 Å². The first-order chi connectivity index (χ1) is 16.8. The molecule has 0 spiro atoms. The molecule has 34 heavy (non-hydrogen) atoms. The fourth-order valence-corrected chi connectivity index (χ4v) is 4.51.